The van der Waals surface area contributed by atoms with Crippen LogP contribution in [0.4, 0.5) is 5.69 Å². The molecule has 2 aromatic rings. The Morgan fingerprint density at radius 1 is 1.20 bits per heavy atom. The van der Waals surface area contributed by atoms with E-state index < -0.39 is 10.0 Å². The average Bonchev–Trinajstić information content (AvgIpc) is 2.42. The average molecular weight is 377 g/mol. The number of aliphatic hydroxyl groups is 1. The quantitative estimate of drug-likeness (QED) is 0.859. The van der Waals surface area contributed by atoms with Crippen molar-refractivity contribution in [1.82, 2.24) is 0 Å². The molecule has 0 heterocycles. The number of nitrogens with one attached hydrogen (secondary N) is 1. The molecule has 4 nitrogen and oxygen atoms in total. The Morgan fingerprint density at radius 2 is 1.95 bits per heavy atom. The Bertz CT molecular complexity index is 734. The molecule has 0 radical (unpaired) electrons. The first-order valence-electron chi connectivity index (χ1n) is 5.60. The molecule has 0 atom stereocenters. The number of anilines is 1. The Balaban J connectivity index is 2.35. The van der Waals surface area contributed by atoms with E-state index in [0.29, 0.717) is 16.3 Å². The maximum absolute atomic E-state index is 12.2. The summed E-state index contributed by atoms with van der Waals surface area (Å²) in [5, 5.41) is 9.34. The molecule has 0 aliphatic carbocycles. The molecule has 0 saturated carbocycles. The molecule has 0 bridgehead atoms. The molecular weight excluding hydrogens is 366 g/mol. The summed E-state index contributed by atoms with van der Waals surface area (Å²) >= 11 is 9.23. The predicted molar refractivity (Wildman–Crippen MR) is 82.3 cm³/mol. The second-order valence-electron chi connectivity index (χ2n) is 4.04. The van der Waals surface area contributed by atoms with Gasteiger partial charge >= 0.3 is 0 Å². The monoisotopic (exact) mass is 375 g/mol. The molecule has 0 amide bonds. The normalized spacial score (nSPS) is 11.3. The SMILES string of the molecule is O=S(=O)(Nc1ccc(Br)cc1Cl)c1cccc(CO)c1. The van der Waals surface area contributed by atoms with Crippen molar-refractivity contribution in [2.45, 2.75) is 11.5 Å². The van der Waals surface area contributed by atoms with Crippen molar-refractivity contribution in [3.8, 4) is 0 Å². The van der Waals surface area contributed by atoms with Gasteiger partial charge in [-0.25, -0.2) is 8.42 Å². The van der Waals surface area contributed by atoms with E-state index >= 15 is 0 Å². The third-order valence-corrected chi connectivity index (χ3v) is 4.74. The van der Waals surface area contributed by atoms with Gasteiger partial charge in [0.25, 0.3) is 10.0 Å². The van der Waals surface area contributed by atoms with Gasteiger partial charge in [-0.1, -0.05) is 39.7 Å². The third kappa shape index (κ3) is 3.52. The van der Waals surface area contributed by atoms with Crippen molar-refractivity contribution in [2.75, 3.05) is 4.72 Å². The highest BCUT2D eigenvalue weighted by Crippen LogP contribution is 2.27. The van der Waals surface area contributed by atoms with Gasteiger partial charge in [0.2, 0.25) is 0 Å². The lowest BCUT2D eigenvalue weighted by molar-refractivity contribution is 0.281. The molecule has 0 saturated heterocycles. The molecule has 0 aliphatic rings. The van der Waals surface area contributed by atoms with Crippen molar-refractivity contribution < 1.29 is 13.5 Å². The van der Waals surface area contributed by atoms with Gasteiger partial charge in [-0.05, 0) is 35.9 Å². The fourth-order valence-electron chi connectivity index (χ4n) is 1.59. The van der Waals surface area contributed by atoms with Gasteiger partial charge in [-0.3, -0.25) is 4.72 Å². The van der Waals surface area contributed by atoms with Crippen LogP contribution in [-0.2, 0) is 16.6 Å². The molecule has 20 heavy (non-hydrogen) atoms. The van der Waals surface area contributed by atoms with Crippen LogP contribution in [0.5, 0.6) is 0 Å². The van der Waals surface area contributed by atoms with Crippen LogP contribution in [0.15, 0.2) is 51.8 Å². The van der Waals surface area contributed by atoms with E-state index in [-0.39, 0.29) is 11.5 Å². The Labute approximate surface area is 130 Å². The first-order valence-corrected chi connectivity index (χ1v) is 8.25. The van der Waals surface area contributed by atoms with Crippen molar-refractivity contribution in [3.05, 3.63) is 57.5 Å². The lowest BCUT2D eigenvalue weighted by atomic mass is 10.2. The predicted octanol–water partition coefficient (Wildman–Crippen LogP) is 3.40. The van der Waals surface area contributed by atoms with Crippen LogP contribution in [0.1, 0.15) is 5.56 Å². The smallest absolute Gasteiger partial charge is 0.261 e. The Morgan fingerprint density at radius 3 is 2.60 bits per heavy atom. The molecule has 7 heteroatoms. The van der Waals surface area contributed by atoms with E-state index in [0.717, 1.165) is 4.47 Å². The minimum Gasteiger partial charge on any atom is -0.392 e. The van der Waals surface area contributed by atoms with Crippen LogP contribution >= 0.6 is 27.5 Å². The summed E-state index contributed by atoms with van der Waals surface area (Å²) < 4.78 is 27.7. The largest absolute Gasteiger partial charge is 0.392 e. The van der Waals surface area contributed by atoms with Crippen molar-refractivity contribution in [3.63, 3.8) is 0 Å². The number of aliphatic hydroxyl groups excluding tert-OH is 1. The minimum absolute atomic E-state index is 0.0723. The number of rotatable bonds is 4. The van der Waals surface area contributed by atoms with E-state index in [4.69, 9.17) is 16.7 Å². The summed E-state index contributed by atoms with van der Waals surface area (Å²) in [6.45, 7) is -0.220. The second kappa shape index (κ2) is 6.13. The van der Waals surface area contributed by atoms with Gasteiger partial charge in [0, 0.05) is 4.47 Å². The van der Waals surface area contributed by atoms with E-state index in [1.807, 2.05) is 0 Å². The molecule has 0 unspecified atom stereocenters. The number of halogens is 2. The summed E-state index contributed by atoms with van der Waals surface area (Å²) in [4.78, 5) is 0.0723. The standard InChI is InChI=1S/C13H11BrClNO3S/c14-10-4-5-13(12(15)7-10)16-20(18,19)11-3-1-2-9(6-11)8-17/h1-7,16-17H,8H2. The van der Waals surface area contributed by atoms with Crippen LogP contribution in [0, 0.1) is 0 Å². The summed E-state index contributed by atoms with van der Waals surface area (Å²) in [5.41, 5.74) is 0.819. The second-order valence-corrected chi connectivity index (χ2v) is 7.04. The van der Waals surface area contributed by atoms with Crippen LogP contribution in [0.3, 0.4) is 0 Å². The first-order chi connectivity index (χ1) is 9.42. The lowest BCUT2D eigenvalue weighted by Crippen LogP contribution is -2.13. The van der Waals surface area contributed by atoms with Gasteiger partial charge < -0.3 is 5.11 Å². The fourth-order valence-corrected chi connectivity index (χ4v) is 3.51. The van der Waals surface area contributed by atoms with Crippen LogP contribution < -0.4 is 4.72 Å². The van der Waals surface area contributed by atoms with Gasteiger partial charge in [-0.2, -0.15) is 0 Å². The molecule has 2 N–H and O–H groups in total. The van der Waals surface area contributed by atoms with E-state index in [1.165, 1.54) is 12.1 Å². The van der Waals surface area contributed by atoms with Crippen molar-refractivity contribution in [1.29, 1.82) is 0 Å². The molecule has 106 valence electrons. The van der Waals surface area contributed by atoms with Crippen molar-refractivity contribution in [2.24, 2.45) is 0 Å². The van der Waals surface area contributed by atoms with Crippen LogP contribution in [-0.4, -0.2) is 13.5 Å². The zero-order valence-corrected chi connectivity index (χ0v) is 13.3. The Hall–Kier alpha value is -1.08. The maximum Gasteiger partial charge on any atom is 0.261 e. The molecule has 0 fully saturated rings. The summed E-state index contributed by atoms with van der Waals surface area (Å²) in [6, 6.07) is 10.9. The van der Waals surface area contributed by atoms with Gasteiger partial charge in [0.05, 0.1) is 22.2 Å². The minimum atomic E-state index is -3.74. The lowest BCUT2D eigenvalue weighted by Gasteiger charge is -2.10. The highest BCUT2D eigenvalue weighted by Gasteiger charge is 2.16. The highest BCUT2D eigenvalue weighted by molar-refractivity contribution is 9.10. The van der Waals surface area contributed by atoms with Crippen molar-refractivity contribution >= 4 is 43.2 Å². The van der Waals surface area contributed by atoms with E-state index in [9.17, 15) is 8.42 Å². The summed E-state index contributed by atoms with van der Waals surface area (Å²) in [6.07, 6.45) is 0. The summed E-state index contributed by atoms with van der Waals surface area (Å²) in [7, 11) is -3.74. The number of hydrogen-bond donors (Lipinski definition) is 2. The summed E-state index contributed by atoms with van der Waals surface area (Å²) in [5.74, 6) is 0. The fraction of sp³-hybridized carbons (Fsp3) is 0.0769. The zero-order chi connectivity index (χ0) is 14.8. The molecule has 0 aliphatic heterocycles. The van der Waals surface area contributed by atoms with Crippen LogP contribution in [0.2, 0.25) is 5.02 Å². The highest BCUT2D eigenvalue weighted by atomic mass is 79.9. The Kier molecular flexibility index (Phi) is 4.70. The number of hydrogen-bond acceptors (Lipinski definition) is 3. The van der Waals surface area contributed by atoms with Gasteiger partial charge in [0.1, 0.15) is 0 Å². The van der Waals surface area contributed by atoms with Gasteiger partial charge in [0.15, 0.2) is 0 Å². The molecular formula is C13H11BrClNO3S. The molecule has 0 aromatic heterocycles. The van der Waals surface area contributed by atoms with E-state index in [1.54, 1.807) is 30.3 Å². The third-order valence-electron chi connectivity index (χ3n) is 2.57. The first kappa shape index (κ1) is 15.3. The molecule has 2 rings (SSSR count). The number of sulfonamides is 1. The number of benzene rings is 2. The molecule has 0 spiro atoms. The van der Waals surface area contributed by atoms with Gasteiger partial charge in [-0.15, -0.1) is 0 Å². The zero-order valence-electron chi connectivity index (χ0n) is 10.2. The van der Waals surface area contributed by atoms with Crippen LogP contribution in [0.25, 0.3) is 0 Å². The topological polar surface area (TPSA) is 66.4 Å². The molecule has 2 aromatic carbocycles. The van der Waals surface area contributed by atoms with E-state index in [2.05, 4.69) is 20.7 Å². The maximum atomic E-state index is 12.2.